The summed E-state index contributed by atoms with van der Waals surface area (Å²) in [7, 11) is 0. The van der Waals surface area contributed by atoms with Crippen LogP contribution in [-0.4, -0.2) is 30.7 Å². The largest absolute Gasteiger partial charge is 0.490 e. The molecule has 1 aliphatic rings. The minimum absolute atomic E-state index is 0.391. The molecule has 0 atom stereocenters. The molecule has 27 heavy (non-hydrogen) atoms. The van der Waals surface area contributed by atoms with E-state index in [4.69, 9.17) is 15.2 Å². The molecule has 3 aromatic rings. The first kappa shape index (κ1) is 17.3. The number of hydrogen-bond acceptors (Lipinski definition) is 3. The van der Waals surface area contributed by atoms with Crippen LogP contribution in [0.15, 0.2) is 47.5 Å². The Labute approximate surface area is 158 Å². The van der Waals surface area contributed by atoms with E-state index in [1.807, 2.05) is 24.3 Å². The number of nitrogens with one attached hydrogen (secondary N) is 2. The Balaban J connectivity index is 1.41. The predicted octanol–water partition coefficient (Wildman–Crippen LogP) is 3.61. The highest BCUT2D eigenvalue weighted by molar-refractivity contribution is 5.92. The number of anilines is 1. The number of guanidine groups is 1. The fourth-order valence-electron chi connectivity index (χ4n) is 3.37. The van der Waals surface area contributed by atoms with E-state index in [0.717, 1.165) is 35.5 Å². The minimum Gasteiger partial charge on any atom is -0.490 e. The summed E-state index contributed by atoms with van der Waals surface area (Å²) < 4.78 is 11.3. The molecule has 0 saturated carbocycles. The van der Waals surface area contributed by atoms with Crippen LogP contribution in [0.3, 0.4) is 0 Å². The maximum Gasteiger partial charge on any atom is 0.193 e. The number of aromatic amines is 1. The number of H-pyrrole nitrogens is 1. The van der Waals surface area contributed by atoms with Crippen LogP contribution < -0.4 is 20.5 Å². The van der Waals surface area contributed by atoms with Gasteiger partial charge in [0.05, 0.1) is 13.2 Å². The number of aliphatic imine (C=N–C) groups is 1. The molecule has 140 valence electrons. The SMILES string of the molecule is Cc1[nH]c2ccccc2c1CCN=C(N)Nc1ccc2c(c1)OCCCO2. The van der Waals surface area contributed by atoms with Gasteiger partial charge >= 0.3 is 0 Å². The van der Waals surface area contributed by atoms with Gasteiger partial charge in [-0.1, -0.05) is 18.2 Å². The van der Waals surface area contributed by atoms with Gasteiger partial charge in [0.25, 0.3) is 0 Å². The monoisotopic (exact) mass is 364 g/mol. The van der Waals surface area contributed by atoms with Crippen LogP contribution in [0.4, 0.5) is 5.69 Å². The average molecular weight is 364 g/mol. The number of ether oxygens (including phenoxy) is 2. The van der Waals surface area contributed by atoms with Gasteiger partial charge in [-0.25, -0.2) is 0 Å². The van der Waals surface area contributed by atoms with Crippen LogP contribution in [0.25, 0.3) is 10.9 Å². The Hall–Kier alpha value is -3.15. The number of fused-ring (bicyclic) bond motifs is 2. The van der Waals surface area contributed by atoms with Crippen molar-refractivity contribution < 1.29 is 9.47 Å². The zero-order valence-electron chi connectivity index (χ0n) is 15.4. The fourth-order valence-corrected chi connectivity index (χ4v) is 3.37. The van der Waals surface area contributed by atoms with Crippen LogP contribution in [-0.2, 0) is 6.42 Å². The van der Waals surface area contributed by atoms with E-state index in [1.54, 1.807) is 0 Å². The van der Waals surface area contributed by atoms with Gasteiger partial charge in [-0.3, -0.25) is 4.99 Å². The summed E-state index contributed by atoms with van der Waals surface area (Å²) in [6.07, 6.45) is 1.72. The van der Waals surface area contributed by atoms with Crippen molar-refractivity contribution >= 4 is 22.5 Å². The molecule has 0 spiro atoms. The van der Waals surface area contributed by atoms with Gasteiger partial charge in [0.1, 0.15) is 0 Å². The lowest BCUT2D eigenvalue weighted by Gasteiger charge is -2.10. The van der Waals surface area contributed by atoms with Crippen LogP contribution in [0.1, 0.15) is 17.7 Å². The van der Waals surface area contributed by atoms with E-state index in [-0.39, 0.29) is 0 Å². The van der Waals surface area contributed by atoms with Crippen molar-refractivity contribution in [3.63, 3.8) is 0 Å². The first-order chi connectivity index (χ1) is 13.2. The number of hydrogen-bond donors (Lipinski definition) is 3. The van der Waals surface area contributed by atoms with Gasteiger partial charge in [-0.2, -0.15) is 0 Å². The van der Waals surface area contributed by atoms with Crippen molar-refractivity contribution in [1.82, 2.24) is 4.98 Å². The van der Waals surface area contributed by atoms with Crippen molar-refractivity contribution in [2.45, 2.75) is 19.8 Å². The molecule has 0 bridgehead atoms. The van der Waals surface area contributed by atoms with E-state index in [0.29, 0.717) is 25.7 Å². The van der Waals surface area contributed by atoms with Crippen molar-refractivity contribution in [3.05, 3.63) is 53.7 Å². The summed E-state index contributed by atoms with van der Waals surface area (Å²) in [4.78, 5) is 7.89. The van der Waals surface area contributed by atoms with Crippen LogP contribution in [0.2, 0.25) is 0 Å². The normalized spacial score (nSPS) is 14.2. The summed E-state index contributed by atoms with van der Waals surface area (Å²) in [6.45, 7) is 4.05. The Morgan fingerprint density at radius 3 is 2.85 bits per heavy atom. The standard InChI is InChI=1S/C21H24N4O2/c1-14-16(17-5-2-3-6-18(17)24-14)9-10-23-21(22)25-15-7-8-19-20(13-15)27-12-4-11-26-19/h2-3,5-8,13,24H,4,9-12H2,1H3,(H3,22,23,25). The molecule has 0 aliphatic carbocycles. The fraction of sp³-hybridized carbons (Fsp3) is 0.286. The van der Waals surface area contributed by atoms with Crippen molar-refractivity contribution in [2.75, 3.05) is 25.1 Å². The number of aromatic nitrogens is 1. The third kappa shape index (κ3) is 3.84. The lowest BCUT2D eigenvalue weighted by atomic mass is 10.1. The van der Waals surface area contributed by atoms with Crippen LogP contribution in [0.5, 0.6) is 11.5 Å². The molecule has 1 aliphatic heterocycles. The first-order valence-corrected chi connectivity index (χ1v) is 9.23. The molecular formula is C21H24N4O2. The quantitative estimate of drug-likeness (QED) is 0.488. The summed E-state index contributed by atoms with van der Waals surface area (Å²) >= 11 is 0. The zero-order valence-corrected chi connectivity index (χ0v) is 15.4. The topological polar surface area (TPSA) is 84.7 Å². The number of rotatable bonds is 4. The van der Waals surface area contributed by atoms with Gasteiger partial charge in [0.15, 0.2) is 17.5 Å². The zero-order chi connectivity index (χ0) is 18.6. The highest BCUT2D eigenvalue weighted by atomic mass is 16.5. The second-order valence-electron chi connectivity index (χ2n) is 6.63. The third-order valence-electron chi connectivity index (χ3n) is 4.69. The van der Waals surface area contributed by atoms with Gasteiger partial charge in [-0.05, 0) is 37.1 Å². The lowest BCUT2D eigenvalue weighted by molar-refractivity contribution is 0.297. The Bertz CT molecular complexity index is 977. The van der Waals surface area contributed by atoms with Crippen LogP contribution >= 0.6 is 0 Å². The van der Waals surface area contributed by atoms with E-state index in [2.05, 4.69) is 40.4 Å². The summed E-state index contributed by atoms with van der Waals surface area (Å²) in [6, 6.07) is 14.0. The van der Waals surface area contributed by atoms with Gasteiger partial charge in [-0.15, -0.1) is 0 Å². The Morgan fingerprint density at radius 1 is 1.15 bits per heavy atom. The summed E-state index contributed by atoms with van der Waals surface area (Å²) in [5.74, 6) is 1.89. The minimum atomic E-state index is 0.391. The van der Waals surface area contributed by atoms with Gasteiger partial charge in [0, 0.05) is 41.3 Å². The number of nitrogens with zero attached hydrogens (tertiary/aromatic N) is 1. The number of nitrogens with two attached hydrogens (primary N) is 1. The molecule has 1 aromatic heterocycles. The molecule has 0 amide bonds. The summed E-state index contributed by atoms with van der Waals surface area (Å²) in [5.41, 5.74) is 10.5. The van der Waals surface area contributed by atoms with Gasteiger partial charge < -0.3 is 25.5 Å². The van der Waals surface area contributed by atoms with E-state index in [9.17, 15) is 0 Å². The Morgan fingerprint density at radius 2 is 1.96 bits per heavy atom. The van der Waals surface area contributed by atoms with Crippen molar-refractivity contribution in [2.24, 2.45) is 10.7 Å². The number of benzene rings is 2. The molecule has 0 saturated heterocycles. The van der Waals surface area contributed by atoms with E-state index < -0.39 is 0 Å². The Kier molecular flexibility index (Phi) is 4.87. The molecule has 6 nitrogen and oxygen atoms in total. The molecule has 4 N–H and O–H groups in total. The molecule has 6 heteroatoms. The molecule has 4 rings (SSSR count). The highest BCUT2D eigenvalue weighted by Gasteiger charge is 2.11. The molecular weight excluding hydrogens is 340 g/mol. The van der Waals surface area contributed by atoms with Gasteiger partial charge in [0.2, 0.25) is 0 Å². The number of aryl methyl sites for hydroxylation is 1. The van der Waals surface area contributed by atoms with Crippen molar-refractivity contribution in [1.29, 1.82) is 0 Å². The second-order valence-corrected chi connectivity index (χ2v) is 6.63. The predicted molar refractivity (Wildman–Crippen MR) is 109 cm³/mol. The lowest BCUT2D eigenvalue weighted by Crippen LogP contribution is -2.23. The number of para-hydroxylation sites is 1. The van der Waals surface area contributed by atoms with Crippen LogP contribution in [0, 0.1) is 6.92 Å². The molecule has 0 unspecified atom stereocenters. The summed E-state index contributed by atoms with van der Waals surface area (Å²) in [5, 5.41) is 4.38. The first-order valence-electron chi connectivity index (χ1n) is 9.23. The second kappa shape index (κ2) is 7.61. The van der Waals surface area contributed by atoms with Crippen molar-refractivity contribution in [3.8, 4) is 11.5 Å². The maximum atomic E-state index is 6.06. The average Bonchev–Trinajstić information content (AvgIpc) is 2.83. The smallest absolute Gasteiger partial charge is 0.193 e. The molecule has 2 aromatic carbocycles. The third-order valence-corrected chi connectivity index (χ3v) is 4.69. The highest BCUT2D eigenvalue weighted by Crippen LogP contribution is 2.32. The maximum absolute atomic E-state index is 6.06. The molecule has 0 radical (unpaired) electrons. The van der Waals surface area contributed by atoms with E-state index >= 15 is 0 Å². The molecule has 2 heterocycles. The molecule has 0 fully saturated rings. The van der Waals surface area contributed by atoms with E-state index in [1.165, 1.54) is 16.6 Å².